The Morgan fingerprint density at radius 1 is 0.567 bits per heavy atom. The molecule has 0 fully saturated rings. The lowest BCUT2D eigenvalue weighted by Gasteiger charge is -2.10. The fraction of sp³-hybridized carbons (Fsp3) is 0.0345. The van der Waals surface area contributed by atoms with Gasteiger partial charge in [-0.2, -0.15) is 0 Å². The van der Waals surface area contributed by atoms with E-state index in [2.05, 4.69) is 120 Å². The normalized spacial score (nSPS) is 13.3. The van der Waals surface area contributed by atoms with E-state index in [-0.39, 0.29) is 0 Å². The van der Waals surface area contributed by atoms with Crippen molar-refractivity contribution in [2.45, 2.75) is 6.42 Å². The SMILES string of the molecule is C1=CCC(c2ccc(-n3c4ccccc4c4cc(-c5ccccc5)ccc43)cc2)=C1. The molecule has 1 aromatic heterocycles. The second kappa shape index (κ2) is 6.89. The third-order valence-corrected chi connectivity index (χ3v) is 6.05. The third kappa shape index (κ3) is 2.71. The molecular formula is C29H21N. The van der Waals surface area contributed by atoms with Crippen LogP contribution in [0, 0.1) is 0 Å². The zero-order valence-corrected chi connectivity index (χ0v) is 16.6. The van der Waals surface area contributed by atoms with Gasteiger partial charge in [0.25, 0.3) is 0 Å². The van der Waals surface area contributed by atoms with Crippen LogP contribution in [-0.2, 0) is 0 Å². The Morgan fingerprint density at radius 3 is 2.10 bits per heavy atom. The van der Waals surface area contributed by atoms with E-state index in [1.807, 2.05) is 0 Å². The number of allylic oxidation sites excluding steroid dienone is 4. The van der Waals surface area contributed by atoms with E-state index in [4.69, 9.17) is 0 Å². The first kappa shape index (κ1) is 17.1. The van der Waals surface area contributed by atoms with Gasteiger partial charge in [-0.1, -0.05) is 85.0 Å². The van der Waals surface area contributed by atoms with E-state index in [0.717, 1.165) is 6.42 Å². The molecule has 0 bridgehead atoms. The predicted molar refractivity (Wildman–Crippen MR) is 128 cm³/mol. The maximum Gasteiger partial charge on any atom is 0.0541 e. The zero-order chi connectivity index (χ0) is 19.9. The van der Waals surface area contributed by atoms with Crippen LogP contribution in [0.3, 0.4) is 0 Å². The topological polar surface area (TPSA) is 4.93 Å². The molecule has 0 atom stereocenters. The Morgan fingerprint density at radius 2 is 1.30 bits per heavy atom. The Bertz CT molecular complexity index is 1430. The van der Waals surface area contributed by atoms with Crippen molar-refractivity contribution < 1.29 is 0 Å². The van der Waals surface area contributed by atoms with Crippen molar-refractivity contribution in [1.82, 2.24) is 4.57 Å². The number of hydrogen-bond donors (Lipinski definition) is 0. The Hall–Kier alpha value is -3.84. The average Bonchev–Trinajstić information content (AvgIpc) is 3.46. The lowest BCUT2D eigenvalue weighted by molar-refractivity contribution is 1.18. The Kier molecular flexibility index (Phi) is 3.92. The van der Waals surface area contributed by atoms with Gasteiger partial charge in [0, 0.05) is 16.5 Å². The van der Waals surface area contributed by atoms with E-state index < -0.39 is 0 Å². The fourth-order valence-corrected chi connectivity index (χ4v) is 4.55. The van der Waals surface area contributed by atoms with Gasteiger partial charge in [0.15, 0.2) is 0 Å². The molecule has 0 unspecified atom stereocenters. The molecule has 30 heavy (non-hydrogen) atoms. The van der Waals surface area contributed by atoms with Crippen LogP contribution in [-0.4, -0.2) is 4.57 Å². The van der Waals surface area contributed by atoms with Gasteiger partial charge >= 0.3 is 0 Å². The summed E-state index contributed by atoms with van der Waals surface area (Å²) in [6, 6.07) is 35.1. The maximum atomic E-state index is 2.38. The summed E-state index contributed by atoms with van der Waals surface area (Å²) >= 11 is 0. The molecule has 1 nitrogen and oxygen atoms in total. The quantitative estimate of drug-likeness (QED) is 0.299. The molecule has 1 aliphatic carbocycles. The lowest BCUT2D eigenvalue weighted by atomic mass is 10.0. The summed E-state index contributed by atoms with van der Waals surface area (Å²) in [4.78, 5) is 0. The summed E-state index contributed by atoms with van der Waals surface area (Å²) in [5, 5.41) is 2.58. The van der Waals surface area contributed by atoms with Gasteiger partial charge in [0.2, 0.25) is 0 Å². The molecule has 4 aromatic carbocycles. The predicted octanol–water partition coefficient (Wildman–Crippen LogP) is 7.79. The highest BCUT2D eigenvalue weighted by atomic mass is 15.0. The van der Waals surface area contributed by atoms with E-state index in [1.54, 1.807) is 0 Å². The second-order valence-electron chi connectivity index (χ2n) is 7.82. The average molecular weight is 383 g/mol. The molecule has 0 radical (unpaired) electrons. The van der Waals surface area contributed by atoms with Crippen LogP contribution in [0.4, 0.5) is 0 Å². The highest BCUT2D eigenvalue weighted by Crippen LogP contribution is 2.35. The van der Waals surface area contributed by atoms with Gasteiger partial charge < -0.3 is 4.57 Å². The molecule has 0 saturated heterocycles. The van der Waals surface area contributed by atoms with Crippen molar-refractivity contribution in [3.05, 3.63) is 121 Å². The molecular weight excluding hydrogens is 362 g/mol. The number of hydrogen-bond acceptors (Lipinski definition) is 0. The van der Waals surface area contributed by atoms with Crippen LogP contribution >= 0.6 is 0 Å². The first-order valence-electron chi connectivity index (χ1n) is 10.4. The van der Waals surface area contributed by atoms with E-state index in [1.165, 1.54) is 49.8 Å². The number of aromatic nitrogens is 1. The monoisotopic (exact) mass is 383 g/mol. The van der Waals surface area contributed by atoms with Crippen LogP contribution in [0.1, 0.15) is 12.0 Å². The minimum absolute atomic E-state index is 1.02. The van der Waals surface area contributed by atoms with Crippen molar-refractivity contribution in [1.29, 1.82) is 0 Å². The molecule has 1 heterocycles. The first-order chi connectivity index (χ1) is 14.9. The Labute approximate surface area is 176 Å². The highest BCUT2D eigenvalue weighted by Gasteiger charge is 2.13. The summed E-state index contributed by atoms with van der Waals surface area (Å²) in [5.41, 5.74) is 8.87. The van der Waals surface area contributed by atoms with Gasteiger partial charge in [-0.05, 0) is 59.0 Å². The standard InChI is InChI=1S/C29H21N/c1-2-8-22(9-3-1)24-16-19-29-27(20-24)26-12-6-7-13-28(26)30(29)25-17-14-23(15-18-25)21-10-4-5-11-21/h1-10,12-20H,11H2. The number of nitrogens with zero attached hydrogens (tertiary/aromatic N) is 1. The molecule has 0 amide bonds. The molecule has 1 heteroatoms. The first-order valence-corrected chi connectivity index (χ1v) is 10.4. The van der Waals surface area contributed by atoms with Crippen molar-refractivity contribution in [2.75, 3.05) is 0 Å². The Balaban J connectivity index is 1.54. The van der Waals surface area contributed by atoms with Gasteiger partial charge in [-0.3, -0.25) is 0 Å². The van der Waals surface area contributed by atoms with Gasteiger partial charge in [-0.15, -0.1) is 0 Å². The summed E-state index contributed by atoms with van der Waals surface area (Å²) in [7, 11) is 0. The fourth-order valence-electron chi connectivity index (χ4n) is 4.55. The number of rotatable bonds is 3. The number of para-hydroxylation sites is 1. The van der Waals surface area contributed by atoms with Gasteiger partial charge in [0.1, 0.15) is 0 Å². The van der Waals surface area contributed by atoms with Gasteiger partial charge in [-0.25, -0.2) is 0 Å². The molecule has 0 aliphatic heterocycles. The van der Waals surface area contributed by atoms with Crippen molar-refractivity contribution >= 4 is 27.4 Å². The third-order valence-electron chi connectivity index (χ3n) is 6.05. The minimum atomic E-state index is 1.02. The van der Waals surface area contributed by atoms with E-state index in [9.17, 15) is 0 Å². The summed E-state index contributed by atoms with van der Waals surface area (Å²) in [6.45, 7) is 0. The largest absolute Gasteiger partial charge is 0.309 e. The van der Waals surface area contributed by atoms with E-state index >= 15 is 0 Å². The van der Waals surface area contributed by atoms with Crippen LogP contribution < -0.4 is 0 Å². The number of fused-ring (bicyclic) bond motifs is 3. The molecule has 0 spiro atoms. The summed E-state index contributed by atoms with van der Waals surface area (Å²) in [5.74, 6) is 0. The zero-order valence-electron chi connectivity index (χ0n) is 16.6. The molecule has 142 valence electrons. The van der Waals surface area contributed by atoms with Crippen molar-refractivity contribution in [2.24, 2.45) is 0 Å². The van der Waals surface area contributed by atoms with Crippen LogP contribution in [0.25, 0.3) is 44.2 Å². The van der Waals surface area contributed by atoms with Crippen molar-refractivity contribution in [3.63, 3.8) is 0 Å². The molecule has 1 aliphatic rings. The molecule has 0 saturated carbocycles. The molecule has 5 aromatic rings. The lowest BCUT2D eigenvalue weighted by Crippen LogP contribution is -1.94. The van der Waals surface area contributed by atoms with Crippen LogP contribution in [0.15, 0.2) is 115 Å². The second-order valence-corrected chi connectivity index (χ2v) is 7.82. The van der Waals surface area contributed by atoms with Crippen LogP contribution in [0.2, 0.25) is 0 Å². The molecule has 0 N–H and O–H groups in total. The number of benzene rings is 4. The smallest absolute Gasteiger partial charge is 0.0541 e. The summed E-state index contributed by atoms with van der Waals surface area (Å²) < 4.78 is 2.38. The van der Waals surface area contributed by atoms with Crippen LogP contribution in [0.5, 0.6) is 0 Å². The highest BCUT2D eigenvalue weighted by molar-refractivity contribution is 6.10. The minimum Gasteiger partial charge on any atom is -0.309 e. The maximum absolute atomic E-state index is 2.38. The van der Waals surface area contributed by atoms with Crippen molar-refractivity contribution in [3.8, 4) is 16.8 Å². The van der Waals surface area contributed by atoms with Gasteiger partial charge in [0.05, 0.1) is 11.0 Å². The molecule has 6 rings (SSSR count). The van der Waals surface area contributed by atoms with E-state index in [0.29, 0.717) is 0 Å². The summed E-state index contributed by atoms with van der Waals surface area (Å²) in [6.07, 6.45) is 7.58.